The van der Waals surface area contributed by atoms with Crippen LogP contribution in [0.4, 0.5) is 4.79 Å². The zero-order chi connectivity index (χ0) is 11.5. The third-order valence-electron chi connectivity index (χ3n) is 2.71. The molecule has 1 saturated heterocycles. The molecule has 0 radical (unpaired) electrons. The van der Waals surface area contributed by atoms with Gasteiger partial charge >= 0.3 is 6.09 Å². The lowest BCUT2D eigenvalue weighted by atomic mass is 9.99. The van der Waals surface area contributed by atoms with Gasteiger partial charge in [-0.05, 0) is 24.7 Å². The number of rotatable bonds is 2. The Kier molecular flexibility index (Phi) is 4.00. The molecule has 1 fully saturated rings. The average molecular weight is 213 g/mol. The molecule has 1 unspecified atom stereocenters. The molecule has 88 valence electrons. The van der Waals surface area contributed by atoms with E-state index >= 15 is 0 Å². The highest BCUT2D eigenvalue weighted by Crippen LogP contribution is 2.21. The molecule has 1 amide bonds. The van der Waals surface area contributed by atoms with E-state index in [0.29, 0.717) is 12.6 Å². The standard InChI is InChI=1S/C12H23NO2/c1-5-10-7-6-8-13(10)11(14)15-9-12(2,3)4/h10H,5-9H2,1-4H3. The first-order valence-corrected chi connectivity index (χ1v) is 5.87. The van der Waals surface area contributed by atoms with Crippen LogP contribution in [-0.2, 0) is 4.74 Å². The van der Waals surface area contributed by atoms with Crippen molar-refractivity contribution in [1.82, 2.24) is 4.90 Å². The molecule has 0 aromatic heterocycles. The zero-order valence-corrected chi connectivity index (χ0v) is 10.4. The van der Waals surface area contributed by atoms with E-state index in [1.54, 1.807) is 0 Å². The summed E-state index contributed by atoms with van der Waals surface area (Å²) in [6, 6.07) is 0.400. The number of nitrogens with zero attached hydrogens (tertiary/aromatic N) is 1. The second-order valence-corrected chi connectivity index (χ2v) is 5.51. The SMILES string of the molecule is CCC1CCCN1C(=O)OCC(C)(C)C. The number of ether oxygens (including phenoxy) is 1. The Morgan fingerprint density at radius 2 is 2.13 bits per heavy atom. The fourth-order valence-electron chi connectivity index (χ4n) is 1.86. The van der Waals surface area contributed by atoms with Crippen molar-refractivity contribution in [1.29, 1.82) is 0 Å². The van der Waals surface area contributed by atoms with E-state index in [1.165, 1.54) is 0 Å². The lowest BCUT2D eigenvalue weighted by Crippen LogP contribution is -2.36. The van der Waals surface area contributed by atoms with Gasteiger partial charge in [0, 0.05) is 12.6 Å². The van der Waals surface area contributed by atoms with Crippen LogP contribution >= 0.6 is 0 Å². The van der Waals surface area contributed by atoms with Crippen LogP contribution in [0.2, 0.25) is 0 Å². The van der Waals surface area contributed by atoms with Crippen LogP contribution in [0.5, 0.6) is 0 Å². The predicted octanol–water partition coefficient (Wildman–Crippen LogP) is 3.04. The second-order valence-electron chi connectivity index (χ2n) is 5.51. The third kappa shape index (κ3) is 3.73. The topological polar surface area (TPSA) is 29.5 Å². The van der Waals surface area contributed by atoms with E-state index in [-0.39, 0.29) is 11.5 Å². The van der Waals surface area contributed by atoms with Crippen molar-refractivity contribution >= 4 is 6.09 Å². The minimum absolute atomic E-state index is 0.0527. The van der Waals surface area contributed by atoms with Crippen molar-refractivity contribution in [2.75, 3.05) is 13.2 Å². The van der Waals surface area contributed by atoms with E-state index in [2.05, 4.69) is 27.7 Å². The average Bonchev–Trinajstić information content (AvgIpc) is 2.60. The van der Waals surface area contributed by atoms with E-state index in [4.69, 9.17) is 4.74 Å². The molecule has 0 aliphatic carbocycles. The monoisotopic (exact) mass is 213 g/mol. The molecule has 3 nitrogen and oxygen atoms in total. The summed E-state index contributed by atoms with van der Waals surface area (Å²) >= 11 is 0. The van der Waals surface area contributed by atoms with Crippen molar-refractivity contribution in [2.24, 2.45) is 5.41 Å². The normalized spacial score (nSPS) is 21.9. The summed E-state index contributed by atoms with van der Waals surface area (Å²) in [5, 5.41) is 0. The molecular formula is C12H23NO2. The molecule has 1 atom stereocenters. The lowest BCUT2D eigenvalue weighted by Gasteiger charge is -2.25. The van der Waals surface area contributed by atoms with Crippen LogP contribution in [0.1, 0.15) is 47.0 Å². The van der Waals surface area contributed by atoms with Crippen LogP contribution in [0.3, 0.4) is 0 Å². The highest BCUT2D eigenvalue weighted by atomic mass is 16.6. The van der Waals surface area contributed by atoms with Crippen LogP contribution in [-0.4, -0.2) is 30.2 Å². The molecule has 1 aliphatic heterocycles. The summed E-state index contributed by atoms with van der Waals surface area (Å²) in [5.74, 6) is 0. The van der Waals surface area contributed by atoms with E-state index in [1.807, 2.05) is 4.90 Å². The maximum absolute atomic E-state index is 11.8. The van der Waals surface area contributed by atoms with Gasteiger partial charge in [0.1, 0.15) is 0 Å². The summed E-state index contributed by atoms with van der Waals surface area (Å²) in [6.07, 6.45) is 3.14. The fourth-order valence-corrected chi connectivity index (χ4v) is 1.86. The van der Waals surface area contributed by atoms with E-state index < -0.39 is 0 Å². The van der Waals surface area contributed by atoms with Gasteiger partial charge in [0.05, 0.1) is 6.61 Å². The lowest BCUT2D eigenvalue weighted by molar-refractivity contribution is 0.0686. The van der Waals surface area contributed by atoms with Crippen LogP contribution < -0.4 is 0 Å². The van der Waals surface area contributed by atoms with Gasteiger partial charge < -0.3 is 9.64 Å². The van der Waals surface area contributed by atoms with Crippen molar-refractivity contribution in [3.8, 4) is 0 Å². The van der Waals surface area contributed by atoms with Gasteiger partial charge in [-0.1, -0.05) is 27.7 Å². The van der Waals surface area contributed by atoms with Gasteiger partial charge in [0.25, 0.3) is 0 Å². The third-order valence-corrected chi connectivity index (χ3v) is 2.71. The van der Waals surface area contributed by atoms with Crippen molar-refractivity contribution in [2.45, 2.75) is 53.0 Å². The van der Waals surface area contributed by atoms with Gasteiger partial charge in [-0.15, -0.1) is 0 Å². The van der Waals surface area contributed by atoms with Crippen molar-refractivity contribution in [3.05, 3.63) is 0 Å². The maximum Gasteiger partial charge on any atom is 0.410 e. The van der Waals surface area contributed by atoms with E-state index in [9.17, 15) is 4.79 Å². The Balaban J connectivity index is 2.40. The molecule has 0 spiro atoms. The first-order valence-electron chi connectivity index (χ1n) is 5.87. The highest BCUT2D eigenvalue weighted by molar-refractivity contribution is 5.68. The first kappa shape index (κ1) is 12.3. The minimum Gasteiger partial charge on any atom is -0.449 e. The molecule has 0 bridgehead atoms. The van der Waals surface area contributed by atoms with Gasteiger partial charge in [0.15, 0.2) is 0 Å². The van der Waals surface area contributed by atoms with Gasteiger partial charge in [-0.2, -0.15) is 0 Å². The Labute approximate surface area is 92.8 Å². The fraction of sp³-hybridized carbons (Fsp3) is 0.917. The highest BCUT2D eigenvalue weighted by Gasteiger charge is 2.29. The largest absolute Gasteiger partial charge is 0.449 e. The molecule has 0 aromatic carbocycles. The van der Waals surface area contributed by atoms with Crippen molar-refractivity contribution in [3.63, 3.8) is 0 Å². The summed E-state index contributed by atoms with van der Waals surface area (Å²) in [7, 11) is 0. The molecule has 1 heterocycles. The van der Waals surface area contributed by atoms with Gasteiger partial charge in [-0.25, -0.2) is 4.79 Å². The van der Waals surface area contributed by atoms with E-state index in [0.717, 1.165) is 25.8 Å². The van der Waals surface area contributed by atoms with Crippen molar-refractivity contribution < 1.29 is 9.53 Å². The Morgan fingerprint density at radius 1 is 1.47 bits per heavy atom. The molecule has 1 aliphatic rings. The molecule has 1 rings (SSSR count). The summed E-state index contributed by atoms with van der Waals surface area (Å²) < 4.78 is 5.31. The number of carbonyl (C=O) groups is 1. The molecule has 0 saturated carbocycles. The zero-order valence-electron chi connectivity index (χ0n) is 10.4. The molecule has 0 aromatic rings. The first-order chi connectivity index (χ1) is 6.94. The molecule has 3 heteroatoms. The Morgan fingerprint density at radius 3 is 2.67 bits per heavy atom. The predicted molar refractivity (Wildman–Crippen MR) is 60.8 cm³/mol. The van der Waals surface area contributed by atoms with Crippen LogP contribution in [0, 0.1) is 5.41 Å². The van der Waals surface area contributed by atoms with Crippen LogP contribution in [0.25, 0.3) is 0 Å². The quantitative estimate of drug-likeness (QED) is 0.705. The number of hydrogen-bond acceptors (Lipinski definition) is 2. The molecule has 0 N–H and O–H groups in total. The molecule has 15 heavy (non-hydrogen) atoms. The number of hydrogen-bond donors (Lipinski definition) is 0. The number of likely N-dealkylation sites (tertiary alicyclic amines) is 1. The summed E-state index contributed by atoms with van der Waals surface area (Å²) in [5.41, 5.74) is 0.0527. The Hall–Kier alpha value is -0.730. The van der Waals surface area contributed by atoms with Crippen LogP contribution in [0.15, 0.2) is 0 Å². The minimum atomic E-state index is -0.130. The summed E-state index contributed by atoms with van der Waals surface area (Å²) in [4.78, 5) is 13.6. The maximum atomic E-state index is 11.8. The molecular weight excluding hydrogens is 190 g/mol. The number of carbonyl (C=O) groups excluding carboxylic acids is 1. The Bertz CT molecular complexity index is 220. The van der Waals surface area contributed by atoms with Gasteiger partial charge in [-0.3, -0.25) is 0 Å². The number of amides is 1. The van der Waals surface area contributed by atoms with Gasteiger partial charge in [0.2, 0.25) is 0 Å². The second kappa shape index (κ2) is 4.86. The summed E-state index contributed by atoms with van der Waals surface area (Å²) in [6.45, 7) is 9.70. The smallest absolute Gasteiger partial charge is 0.410 e.